The van der Waals surface area contributed by atoms with Crippen LogP contribution in [0.15, 0.2) is 0 Å². The van der Waals surface area contributed by atoms with Gasteiger partial charge in [0.25, 0.3) is 5.91 Å². The number of hydrogen-bond acceptors (Lipinski definition) is 8. The normalized spacial score (nSPS) is 35.8. The maximum atomic E-state index is 11.1. The summed E-state index contributed by atoms with van der Waals surface area (Å²) in [6, 6.07) is -1.57. The van der Waals surface area contributed by atoms with Gasteiger partial charge in [-0.05, 0) is 7.05 Å². The summed E-state index contributed by atoms with van der Waals surface area (Å²) < 4.78 is 4.84. The molecular weight excluding hydrogens is 276 g/mol. The van der Waals surface area contributed by atoms with Gasteiger partial charge in [-0.15, -0.1) is 0 Å². The van der Waals surface area contributed by atoms with Gasteiger partial charge in [-0.3, -0.25) is 9.59 Å². The summed E-state index contributed by atoms with van der Waals surface area (Å²) in [5.41, 5.74) is 4.92. The van der Waals surface area contributed by atoms with Crippen LogP contribution in [0.4, 0.5) is 0 Å². The first-order chi connectivity index (χ1) is 9.11. The van der Waals surface area contributed by atoms with Gasteiger partial charge >= 0.3 is 5.97 Å². The van der Waals surface area contributed by atoms with Crippen molar-refractivity contribution < 1.29 is 39.9 Å². The van der Waals surface area contributed by atoms with Crippen LogP contribution in [0.2, 0.25) is 0 Å². The number of carbonyl (C=O) groups excluding carboxylic acids is 1. The third kappa shape index (κ3) is 3.06. The monoisotopic (exact) mass is 294 g/mol. The van der Waals surface area contributed by atoms with Crippen LogP contribution in [-0.4, -0.2) is 86.2 Å². The molecule has 1 fully saturated rings. The van der Waals surface area contributed by atoms with Crippen LogP contribution in [0, 0.1) is 0 Å². The number of rotatable bonds is 5. The summed E-state index contributed by atoms with van der Waals surface area (Å²) in [5.74, 6) is -4.98. The molecule has 1 heterocycles. The van der Waals surface area contributed by atoms with E-state index in [1.807, 2.05) is 0 Å². The average Bonchev–Trinajstić information content (AvgIpc) is 2.37. The number of nitrogens with two attached hydrogens (primary N) is 1. The Labute approximate surface area is 114 Å². The fourth-order valence-corrected chi connectivity index (χ4v) is 1.94. The van der Waals surface area contributed by atoms with Crippen molar-refractivity contribution >= 4 is 11.9 Å². The number of likely N-dealkylation sites (N-methyl/N-ethyl adjacent to an activating group) is 1. The van der Waals surface area contributed by atoms with Gasteiger partial charge in [0.2, 0.25) is 5.91 Å². The molecule has 1 rings (SSSR count). The molecule has 0 saturated carbocycles. The molecule has 1 aliphatic rings. The predicted molar refractivity (Wildman–Crippen MR) is 61.9 cm³/mol. The van der Waals surface area contributed by atoms with Gasteiger partial charge < -0.3 is 36.0 Å². The maximum absolute atomic E-state index is 11.1. The highest BCUT2D eigenvalue weighted by molar-refractivity contribution is 5.83. The molecule has 0 aromatic rings. The number of aliphatic hydroxyl groups excluding tert-OH is 3. The summed E-state index contributed by atoms with van der Waals surface area (Å²) in [4.78, 5) is 22.6. The Morgan fingerprint density at radius 2 is 2.00 bits per heavy atom. The van der Waals surface area contributed by atoms with Crippen molar-refractivity contribution in [2.24, 2.45) is 5.73 Å². The van der Waals surface area contributed by atoms with Crippen LogP contribution in [0.5, 0.6) is 0 Å². The number of primary amides is 1. The van der Waals surface area contributed by atoms with Gasteiger partial charge in [0.1, 0.15) is 18.2 Å². The Morgan fingerprint density at radius 3 is 2.45 bits per heavy atom. The van der Waals surface area contributed by atoms with Crippen molar-refractivity contribution in [3.05, 3.63) is 0 Å². The summed E-state index contributed by atoms with van der Waals surface area (Å²) in [6.07, 6.45) is -5.80. The highest BCUT2D eigenvalue weighted by Crippen LogP contribution is 2.28. The molecule has 1 amide bonds. The third-order valence-corrected chi connectivity index (χ3v) is 3.22. The van der Waals surface area contributed by atoms with Gasteiger partial charge in [-0.1, -0.05) is 0 Å². The molecule has 0 radical (unpaired) electrons. The van der Waals surface area contributed by atoms with Gasteiger partial charge in [-0.25, -0.2) is 4.90 Å². The Balaban J connectivity index is 2.99. The molecule has 116 valence electrons. The molecule has 0 aromatic carbocycles. The van der Waals surface area contributed by atoms with Crippen LogP contribution < -0.4 is 5.73 Å². The molecule has 0 aliphatic carbocycles. The van der Waals surface area contributed by atoms with E-state index in [1.54, 1.807) is 0 Å². The minimum Gasteiger partial charge on any atom is -0.480 e. The largest absolute Gasteiger partial charge is 0.480 e. The molecule has 7 N–H and O–H groups in total. The lowest BCUT2D eigenvalue weighted by Crippen LogP contribution is -2.70. The van der Waals surface area contributed by atoms with E-state index in [0.29, 0.717) is 4.90 Å². The molecule has 1 unspecified atom stereocenters. The van der Waals surface area contributed by atoms with Gasteiger partial charge in [0.15, 0.2) is 6.10 Å². The molecule has 0 spiro atoms. The smallest absolute Gasteiger partial charge is 0.321 e. The predicted octanol–water partition coefficient (Wildman–Crippen LogP) is -3.99. The van der Waals surface area contributed by atoms with Gasteiger partial charge in [0.05, 0.1) is 13.0 Å². The van der Waals surface area contributed by atoms with Crippen LogP contribution in [-0.2, 0) is 14.3 Å². The first kappa shape index (κ1) is 16.8. The van der Waals surface area contributed by atoms with Crippen molar-refractivity contribution in [2.45, 2.75) is 36.7 Å². The number of ether oxygens (including phenoxy) is 1. The second kappa shape index (κ2) is 5.99. The molecule has 5 atom stereocenters. The Kier molecular flexibility index (Phi) is 5.02. The molecular formula is C10H18N2O8. The summed E-state index contributed by atoms with van der Waals surface area (Å²) in [6.45, 7) is -0.526. The van der Waals surface area contributed by atoms with E-state index in [4.69, 9.17) is 15.6 Å². The maximum Gasteiger partial charge on any atom is 0.321 e. The SMILES string of the molecule is CN([C@H](CC(N)=O)C(=O)O)C1(O)OC[C@@H](O)[C@@H](O)[C@@H]1O. The summed E-state index contributed by atoms with van der Waals surface area (Å²) in [5, 5.41) is 47.8. The Morgan fingerprint density at radius 1 is 1.45 bits per heavy atom. The molecule has 1 saturated heterocycles. The highest BCUT2D eigenvalue weighted by Gasteiger charge is 2.54. The van der Waals surface area contributed by atoms with Crippen LogP contribution >= 0.6 is 0 Å². The molecule has 0 bridgehead atoms. The van der Waals surface area contributed by atoms with Crippen molar-refractivity contribution in [3.8, 4) is 0 Å². The Bertz CT molecular complexity index is 391. The number of carboxylic acids is 1. The lowest BCUT2D eigenvalue weighted by molar-refractivity contribution is -0.381. The average molecular weight is 294 g/mol. The molecule has 0 aromatic heterocycles. The Hall–Kier alpha value is -1.30. The van der Waals surface area contributed by atoms with E-state index in [0.717, 1.165) is 7.05 Å². The minimum atomic E-state index is -2.57. The van der Waals surface area contributed by atoms with Crippen LogP contribution in [0.3, 0.4) is 0 Å². The van der Waals surface area contributed by atoms with Crippen molar-refractivity contribution in [1.29, 1.82) is 0 Å². The van der Waals surface area contributed by atoms with E-state index in [9.17, 15) is 30.0 Å². The topological polar surface area (TPSA) is 174 Å². The summed E-state index contributed by atoms with van der Waals surface area (Å²) >= 11 is 0. The zero-order valence-electron chi connectivity index (χ0n) is 10.7. The zero-order valence-corrected chi connectivity index (χ0v) is 10.7. The third-order valence-electron chi connectivity index (χ3n) is 3.22. The number of carbonyl (C=O) groups is 2. The van der Waals surface area contributed by atoms with Crippen molar-refractivity contribution in [3.63, 3.8) is 0 Å². The van der Waals surface area contributed by atoms with Gasteiger partial charge in [-0.2, -0.15) is 0 Å². The second-order valence-corrected chi connectivity index (χ2v) is 4.61. The number of amides is 1. The number of hydrogen-bond donors (Lipinski definition) is 6. The van der Waals surface area contributed by atoms with E-state index < -0.39 is 55.2 Å². The van der Waals surface area contributed by atoms with Crippen LogP contribution in [0.25, 0.3) is 0 Å². The lowest BCUT2D eigenvalue weighted by Gasteiger charge is -2.47. The second-order valence-electron chi connectivity index (χ2n) is 4.61. The van der Waals surface area contributed by atoms with Gasteiger partial charge in [0, 0.05) is 0 Å². The van der Waals surface area contributed by atoms with Crippen molar-refractivity contribution in [1.82, 2.24) is 4.90 Å². The molecule has 20 heavy (non-hydrogen) atoms. The van der Waals surface area contributed by atoms with Crippen molar-refractivity contribution in [2.75, 3.05) is 13.7 Å². The lowest BCUT2D eigenvalue weighted by atomic mass is 9.99. The minimum absolute atomic E-state index is 0.526. The fraction of sp³-hybridized carbons (Fsp3) is 0.800. The number of aliphatic carboxylic acids is 1. The number of carboxylic acid groups (broad SMARTS) is 1. The molecule has 1 aliphatic heterocycles. The quantitative estimate of drug-likeness (QED) is 0.276. The highest BCUT2D eigenvalue weighted by atomic mass is 16.7. The number of nitrogens with zero attached hydrogens (tertiary/aromatic N) is 1. The zero-order chi connectivity index (χ0) is 15.7. The summed E-state index contributed by atoms with van der Waals surface area (Å²) in [7, 11) is 1.08. The first-order valence-corrected chi connectivity index (χ1v) is 5.75. The van der Waals surface area contributed by atoms with E-state index in [1.165, 1.54) is 0 Å². The number of aliphatic hydroxyl groups is 4. The molecule has 10 nitrogen and oxygen atoms in total. The standard InChI is InChI=1S/C10H18N2O8/c1-12(4(9(17)18)2-6(11)14)10(19)8(16)7(15)5(13)3-20-10/h4-5,7-8,13,15-16,19H,2-3H2,1H3,(H2,11,14)(H,17,18)/t4-,5-,7-,8+,10?/m1/s1. The first-order valence-electron chi connectivity index (χ1n) is 5.75. The van der Waals surface area contributed by atoms with Crippen LogP contribution in [0.1, 0.15) is 6.42 Å². The molecule has 10 heteroatoms. The van der Waals surface area contributed by atoms with E-state index >= 15 is 0 Å². The fourth-order valence-electron chi connectivity index (χ4n) is 1.94. The van der Waals surface area contributed by atoms with E-state index in [2.05, 4.69) is 0 Å². The van der Waals surface area contributed by atoms with E-state index in [-0.39, 0.29) is 0 Å².